The van der Waals surface area contributed by atoms with Gasteiger partial charge in [-0.1, -0.05) is 58.8 Å². The van der Waals surface area contributed by atoms with Gasteiger partial charge < -0.3 is 9.19 Å². The maximum Gasteiger partial charge on any atom is 0.0788 e. The van der Waals surface area contributed by atoms with E-state index in [2.05, 4.69) is 13.8 Å². The third-order valence-electron chi connectivity index (χ3n) is 4.95. The average Bonchev–Trinajstić information content (AvgIpc) is 2.86. The van der Waals surface area contributed by atoms with Gasteiger partial charge in [-0.05, 0) is 19.3 Å². The van der Waals surface area contributed by atoms with E-state index in [1.54, 1.807) is 0 Å². The number of halogens is 1. The quantitative estimate of drug-likeness (QED) is 0.382. The zero-order chi connectivity index (χ0) is 13.8. The van der Waals surface area contributed by atoms with Crippen LogP contribution in [0.2, 0.25) is 0 Å². The lowest BCUT2D eigenvalue weighted by Gasteiger charge is -2.34. The van der Waals surface area contributed by atoms with E-state index in [1.165, 1.54) is 108 Å². The summed E-state index contributed by atoms with van der Waals surface area (Å²) in [6.45, 7) is 10.5. The van der Waals surface area contributed by atoms with Gasteiger partial charge in [0.2, 0.25) is 0 Å². The van der Waals surface area contributed by atoms with Gasteiger partial charge in [-0.25, -0.2) is 0 Å². The molecule has 1 saturated heterocycles. The Morgan fingerprint density at radius 3 is 1.60 bits per heavy atom. The Morgan fingerprint density at radius 2 is 1.10 bits per heavy atom. The van der Waals surface area contributed by atoms with Gasteiger partial charge >= 0.3 is 0 Å². The molecule has 1 rings (SSSR count). The topological polar surface area (TPSA) is 0 Å². The van der Waals surface area contributed by atoms with E-state index >= 15 is 0 Å². The molecule has 0 aromatic rings. The van der Waals surface area contributed by atoms with Gasteiger partial charge in [-0.2, -0.15) is 0 Å². The lowest BCUT2D eigenvalue weighted by Crippen LogP contribution is -3.00. The molecule has 0 spiro atoms. The number of nitrogens with zero attached hydrogens (tertiary/aromatic N) is 1. The van der Waals surface area contributed by atoms with E-state index in [-0.39, 0.29) is 4.70 Å². The lowest BCUT2D eigenvalue weighted by molar-refractivity contribution is -0.917. The summed E-state index contributed by atoms with van der Waals surface area (Å²) in [5, 5.41) is 0. The standard InChI is InChI=1S/C18H38N.FH/c1-3-5-6-7-8-9-10-11-12-16-19(15-4-2)17-13-14-18-19;/h3-18H2,1-2H3;1H/q+1;/p-1. The number of unbranched alkanes of at least 4 members (excludes halogenated alkanes) is 8. The Kier molecular flexibility index (Phi) is 12.5. The highest BCUT2D eigenvalue weighted by atomic mass is 19.0. The Morgan fingerprint density at radius 1 is 0.600 bits per heavy atom. The monoisotopic (exact) mass is 287 g/mol. The third-order valence-corrected chi connectivity index (χ3v) is 4.95. The van der Waals surface area contributed by atoms with Crippen LogP contribution in [0.15, 0.2) is 0 Å². The van der Waals surface area contributed by atoms with E-state index in [0.29, 0.717) is 0 Å². The van der Waals surface area contributed by atoms with Gasteiger partial charge in [0.1, 0.15) is 0 Å². The second-order valence-corrected chi connectivity index (χ2v) is 6.77. The van der Waals surface area contributed by atoms with Crippen LogP contribution in [0.3, 0.4) is 0 Å². The number of quaternary nitrogens is 1. The summed E-state index contributed by atoms with van der Waals surface area (Å²) in [5.74, 6) is 0. The van der Waals surface area contributed by atoms with Crippen LogP contribution in [-0.4, -0.2) is 30.7 Å². The molecular formula is C18H38FN. The highest BCUT2D eigenvalue weighted by Gasteiger charge is 2.29. The van der Waals surface area contributed by atoms with E-state index in [1.807, 2.05) is 0 Å². The number of rotatable bonds is 12. The molecule has 2 heteroatoms. The van der Waals surface area contributed by atoms with E-state index in [9.17, 15) is 0 Å². The largest absolute Gasteiger partial charge is 1.00 e. The molecule has 0 unspecified atom stereocenters. The number of hydrogen-bond donors (Lipinski definition) is 0. The predicted octanol–water partition coefficient (Wildman–Crippen LogP) is 2.54. The predicted molar refractivity (Wildman–Crippen MR) is 86.5 cm³/mol. The summed E-state index contributed by atoms with van der Waals surface area (Å²) in [6.07, 6.45) is 17.5. The van der Waals surface area contributed by atoms with Gasteiger partial charge in [-0.15, -0.1) is 0 Å². The molecule has 1 nitrogen and oxygen atoms in total. The zero-order valence-corrected chi connectivity index (χ0v) is 14.1. The zero-order valence-electron chi connectivity index (χ0n) is 14.1. The van der Waals surface area contributed by atoms with Crippen molar-refractivity contribution in [2.45, 2.75) is 90.9 Å². The minimum Gasteiger partial charge on any atom is -1.00 e. The second kappa shape index (κ2) is 12.6. The van der Waals surface area contributed by atoms with Crippen molar-refractivity contribution in [3.8, 4) is 0 Å². The first kappa shape index (κ1) is 19.9. The van der Waals surface area contributed by atoms with E-state index < -0.39 is 0 Å². The minimum absolute atomic E-state index is 0. The smallest absolute Gasteiger partial charge is 0.0788 e. The molecule has 122 valence electrons. The van der Waals surface area contributed by atoms with Crippen molar-refractivity contribution in [1.29, 1.82) is 0 Å². The molecule has 0 bridgehead atoms. The molecule has 0 aliphatic carbocycles. The van der Waals surface area contributed by atoms with E-state index in [4.69, 9.17) is 0 Å². The van der Waals surface area contributed by atoms with Gasteiger partial charge in [0.15, 0.2) is 0 Å². The summed E-state index contributed by atoms with van der Waals surface area (Å²) in [4.78, 5) is 0. The molecule has 0 amide bonds. The molecule has 0 aromatic heterocycles. The van der Waals surface area contributed by atoms with Gasteiger partial charge in [-0.3, -0.25) is 0 Å². The first-order valence-corrected chi connectivity index (χ1v) is 9.18. The molecule has 0 atom stereocenters. The van der Waals surface area contributed by atoms with Crippen molar-refractivity contribution in [3.63, 3.8) is 0 Å². The molecule has 0 radical (unpaired) electrons. The summed E-state index contributed by atoms with van der Waals surface area (Å²) in [5.41, 5.74) is 0. The summed E-state index contributed by atoms with van der Waals surface area (Å²) in [6, 6.07) is 0. The highest BCUT2D eigenvalue weighted by molar-refractivity contribution is 4.56. The molecule has 0 aromatic carbocycles. The Labute approximate surface area is 127 Å². The molecule has 0 N–H and O–H groups in total. The van der Waals surface area contributed by atoms with E-state index in [0.717, 1.165) is 0 Å². The minimum atomic E-state index is 0. The summed E-state index contributed by atoms with van der Waals surface area (Å²) in [7, 11) is 0. The van der Waals surface area contributed by atoms with Crippen LogP contribution < -0.4 is 4.70 Å². The fraction of sp³-hybridized carbons (Fsp3) is 1.00. The van der Waals surface area contributed by atoms with Crippen molar-refractivity contribution < 1.29 is 9.19 Å². The van der Waals surface area contributed by atoms with Crippen molar-refractivity contribution in [1.82, 2.24) is 0 Å². The number of hydrogen-bond acceptors (Lipinski definition) is 0. The van der Waals surface area contributed by atoms with Crippen LogP contribution in [0.25, 0.3) is 0 Å². The van der Waals surface area contributed by atoms with Crippen molar-refractivity contribution >= 4 is 0 Å². The number of likely N-dealkylation sites (tertiary alicyclic amines) is 1. The molecule has 1 fully saturated rings. The maximum atomic E-state index is 2.36. The average molecular weight is 288 g/mol. The van der Waals surface area contributed by atoms with Crippen LogP contribution in [0.4, 0.5) is 0 Å². The lowest BCUT2D eigenvalue weighted by atomic mass is 10.1. The summed E-state index contributed by atoms with van der Waals surface area (Å²) >= 11 is 0. The van der Waals surface area contributed by atoms with Gasteiger partial charge in [0.25, 0.3) is 0 Å². The van der Waals surface area contributed by atoms with Crippen molar-refractivity contribution in [3.05, 3.63) is 0 Å². The van der Waals surface area contributed by atoms with Crippen LogP contribution in [0.5, 0.6) is 0 Å². The Hall–Kier alpha value is -0.110. The van der Waals surface area contributed by atoms with Crippen LogP contribution in [0.1, 0.15) is 90.9 Å². The fourth-order valence-electron chi connectivity index (χ4n) is 3.80. The molecular weight excluding hydrogens is 249 g/mol. The van der Waals surface area contributed by atoms with Crippen LogP contribution in [0, 0.1) is 0 Å². The molecule has 20 heavy (non-hydrogen) atoms. The highest BCUT2D eigenvalue weighted by Crippen LogP contribution is 2.21. The summed E-state index contributed by atoms with van der Waals surface area (Å²) < 4.78 is 1.47. The van der Waals surface area contributed by atoms with Gasteiger partial charge in [0.05, 0.1) is 26.2 Å². The van der Waals surface area contributed by atoms with Crippen LogP contribution >= 0.6 is 0 Å². The SMILES string of the molecule is CCCCCCCCCCC[N+]1(CCC)CCCC1.[F-]. The Balaban J connectivity index is 0.00000361. The van der Waals surface area contributed by atoms with Crippen LogP contribution in [-0.2, 0) is 0 Å². The fourth-order valence-corrected chi connectivity index (χ4v) is 3.80. The molecule has 0 saturated carbocycles. The van der Waals surface area contributed by atoms with Crippen molar-refractivity contribution in [2.75, 3.05) is 26.2 Å². The normalized spacial score (nSPS) is 17.1. The first-order valence-electron chi connectivity index (χ1n) is 9.18. The van der Waals surface area contributed by atoms with Crippen molar-refractivity contribution in [2.24, 2.45) is 0 Å². The maximum absolute atomic E-state index is 2.36. The third kappa shape index (κ3) is 8.24. The second-order valence-electron chi connectivity index (χ2n) is 6.77. The molecule has 1 aliphatic rings. The van der Waals surface area contributed by atoms with Gasteiger partial charge in [0, 0.05) is 12.8 Å². The molecule has 1 aliphatic heterocycles. The Bertz CT molecular complexity index is 200. The first-order chi connectivity index (χ1) is 9.33. The molecule has 1 heterocycles.